The average molecular weight is 270 g/mol. The van der Waals surface area contributed by atoms with Gasteiger partial charge in [-0.05, 0) is 26.0 Å². The van der Waals surface area contributed by atoms with Crippen molar-refractivity contribution in [1.82, 2.24) is 9.78 Å². The summed E-state index contributed by atoms with van der Waals surface area (Å²) in [6.07, 6.45) is 0. The van der Waals surface area contributed by atoms with Crippen molar-refractivity contribution >= 4 is 5.69 Å². The Morgan fingerprint density at radius 1 is 1.40 bits per heavy atom. The Morgan fingerprint density at radius 2 is 2.15 bits per heavy atom. The van der Waals surface area contributed by atoms with Crippen LogP contribution in [0, 0.1) is 25.2 Å². The highest BCUT2D eigenvalue weighted by molar-refractivity contribution is 5.60. The van der Waals surface area contributed by atoms with Gasteiger partial charge in [-0.15, -0.1) is 0 Å². The molecule has 0 atom stereocenters. The Hall–Kier alpha value is -2.48. The molecule has 0 amide bonds. The molecule has 0 saturated carbocycles. The van der Waals surface area contributed by atoms with E-state index < -0.39 is 0 Å². The van der Waals surface area contributed by atoms with Crippen LogP contribution in [0.25, 0.3) is 0 Å². The minimum Gasteiger partial charge on any atom is -0.497 e. The van der Waals surface area contributed by atoms with Crippen LogP contribution in [0.2, 0.25) is 0 Å². The predicted octanol–water partition coefficient (Wildman–Crippen LogP) is 2.53. The first-order valence-electron chi connectivity index (χ1n) is 6.38. The van der Waals surface area contributed by atoms with Gasteiger partial charge in [0.15, 0.2) is 0 Å². The number of anilines is 1. The molecule has 0 radical (unpaired) electrons. The summed E-state index contributed by atoms with van der Waals surface area (Å²) in [7, 11) is 3.54. The Labute approximate surface area is 118 Å². The number of hydrogen-bond acceptors (Lipinski definition) is 4. The van der Waals surface area contributed by atoms with Crippen molar-refractivity contribution in [3.63, 3.8) is 0 Å². The fraction of sp³-hybridized carbons (Fsp3) is 0.333. The topological polar surface area (TPSA) is 62.9 Å². The van der Waals surface area contributed by atoms with E-state index in [2.05, 4.69) is 16.5 Å². The fourth-order valence-electron chi connectivity index (χ4n) is 2.15. The Morgan fingerprint density at radius 3 is 2.70 bits per heavy atom. The van der Waals surface area contributed by atoms with Crippen LogP contribution >= 0.6 is 0 Å². The van der Waals surface area contributed by atoms with Gasteiger partial charge in [0, 0.05) is 30.9 Å². The van der Waals surface area contributed by atoms with Gasteiger partial charge in [-0.25, -0.2) is 0 Å². The van der Waals surface area contributed by atoms with Crippen LogP contribution in [-0.2, 0) is 13.6 Å². The standard InChI is InChI=1S/C15H18N4O/c1-10-14(11(2)19(3)18-10)9-17-15-7-13(20-4)6-5-12(15)8-16/h5-7,17H,9H2,1-4H3. The number of nitrogens with one attached hydrogen (secondary N) is 1. The maximum absolute atomic E-state index is 9.15. The van der Waals surface area contributed by atoms with Crippen LogP contribution in [0.15, 0.2) is 18.2 Å². The van der Waals surface area contributed by atoms with E-state index in [9.17, 15) is 0 Å². The molecule has 0 aliphatic carbocycles. The molecule has 2 rings (SSSR count). The maximum Gasteiger partial charge on any atom is 0.121 e. The number of rotatable bonds is 4. The molecular formula is C15H18N4O. The molecule has 1 heterocycles. The monoisotopic (exact) mass is 270 g/mol. The summed E-state index contributed by atoms with van der Waals surface area (Å²) >= 11 is 0. The van der Waals surface area contributed by atoms with Crippen molar-refractivity contribution in [2.75, 3.05) is 12.4 Å². The van der Waals surface area contributed by atoms with Crippen LogP contribution in [0.1, 0.15) is 22.5 Å². The van der Waals surface area contributed by atoms with Gasteiger partial charge >= 0.3 is 0 Å². The summed E-state index contributed by atoms with van der Waals surface area (Å²) in [5, 5.41) is 16.8. The SMILES string of the molecule is COc1ccc(C#N)c(NCc2c(C)nn(C)c2C)c1. The number of benzene rings is 1. The van der Waals surface area contributed by atoms with Gasteiger partial charge in [0.05, 0.1) is 24.1 Å². The number of nitrogens with zero attached hydrogens (tertiary/aromatic N) is 3. The number of aromatic nitrogens is 2. The minimum absolute atomic E-state index is 0.602. The second kappa shape index (κ2) is 5.66. The van der Waals surface area contributed by atoms with Crippen LogP contribution < -0.4 is 10.1 Å². The lowest BCUT2D eigenvalue weighted by atomic mass is 10.1. The molecule has 0 spiro atoms. The van der Waals surface area contributed by atoms with E-state index in [1.807, 2.05) is 31.6 Å². The van der Waals surface area contributed by atoms with Gasteiger partial charge in [-0.3, -0.25) is 4.68 Å². The smallest absolute Gasteiger partial charge is 0.121 e. The lowest BCUT2D eigenvalue weighted by Crippen LogP contribution is -2.04. The van der Waals surface area contributed by atoms with E-state index in [1.165, 1.54) is 0 Å². The van der Waals surface area contributed by atoms with E-state index in [0.717, 1.165) is 28.4 Å². The van der Waals surface area contributed by atoms with E-state index in [-0.39, 0.29) is 0 Å². The number of ether oxygens (including phenoxy) is 1. The molecule has 0 aliphatic heterocycles. The molecule has 0 unspecified atom stereocenters. The van der Waals surface area contributed by atoms with E-state index in [4.69, 9.17) is 10.00 Å². The molecule has 0 bridgehead atoms. The van der Waals surface area contributed by atoms with Crippen molar-refractivity contribution in [2.45, 2.75) is 20.4 Å². The molecule has 0 aliphatic rings. The molecule has 20 heavy (non-hydrogen) atoms. The summed E-state index contributed by atoms with van der Waals surface area (Å²) in [6.45, 7) is 4.65. The quantitative estimate of drug-likeness (QED) is 0.927. The summed E-state index contributed by atoms with van der Waals surface area (Å²) in [4.78, 5) is 0. The van der Waals surface area contributed by atoms with E-state index >= 15 is 0 Å². The second-order valence-corrected chi connectivity index (χ2v) is 4.65. The number of hydrogen-bond donors (Lipinski definition) is 1. The molecule has 0 fully saturated rings. The van der Waals surface area contributed by atoms with Gasteiger partial charge in [-0.2, -0.15) is 10.4 Å². The second-order valence-electron chi connectivity index (χ2n) is 4.65. The van der Waals surface area contributed by atoms with E-state index in [0.29, 0.717) is 12.1 Å². The fourth-order valence-corrected chi connectivity index (χ4v) is 2.15. The molecule has 5 heteroatoms. The van der Waals surface area contributed by atoms with Crippen LogP contribution in [0.4, 0.5) is 5.69 Å². The van der Waals surface area contributed by atoms with Crippen molar-refractivity contribution in [3.05, 3.63) is 40.7 Å². The number of aryl methyl sites for hydroxylation is 2. The third kappa shape index (κ3) is 2.59. The first-order chi connectivity index (χ1) is 9.56. The zero-order chi connectivity index (χ0) is 14.7. The molecule has 1 aromatic heterocycles. The Balaban J connectivity index is 2.24. The Bertz CT molecular complexity index is 667. The molecule has 1 N–H and O–H groups in total. The third-order valence-electron chi connectivity index (χ3n) is 3.46. The zero-order valence-electron chi connectivity index (χ0n) is 12.2. The summed E-state index contributed by atoms with van der Waals surface area (Å²) < 4.78 is 7.06. The average Bonchev–Trinajstić information content (AvgIpc) is 2.70. The summed E-state index contributed by atoms with van der Waals surface area (Å²) in [5.74, 6) is 0.728. The molecule has 2 aromatic rings. The van der Waals surface area contributed by atoms with Crippen molar-refractivity contribution in [1.29, 1.82) is 5.26 Å². The normalized spacial score (nSPS) is 10.2. The summed E-state index contributed by atoms with van der Waals surface area (Å²) in [6, 6.07) is 7.55. The van der Waals surface area contributed by atoms with Gasteiger partial charge in [0.25, 0.3) is 0 Å². The molecule has 1 aromatic carbocycles. The highest BCUT2D eigenvalue weighted by atomic mass is 16.5. The Kier molecular flexibility index (Phi) is 3.94. The van der Waals surface area contributed by atoms with Gasteiger partial charge < -0.3 is 10.1 Å². The summed E-state index contributed by atoms with van der Waals surface area (Å²) in [5.41, 5.74) is 4.65. The van der Waals surface area contributed by atoms with Crippen molar-refractivity contribution in [3.8, 4) is 11.8 Å². The number of nitriles is 1. The van der Waals surface area contributed by atoms with Gasteiger partial charge in [-0.1, -0.05) is 0 Å². The van der Waals surface area contributed by atoms with Crippen LogP contribution in [-0.4, -0.2) is 16.9 Å². The molecule has 104 valence electrons. The maximum atomic E-state index is 9.15. The molecule has 5 nitrogen and oxygen atoms in total. The molecular weight excluding hydrogens is 252 g/mol. The lowest BCUT2D eigenvalue weighted by molar-refractivity contribution is 0.415. The largest absolute Gasteiger partial charge is 0.497 e. The third-order valence-corrected chi connectivity index (χ3v) is 3.46. The predicted molar refractivity (Wildman–Crippen MR) is 77.7 cm³/mol. The highest BCUT2D eigenvalue weighted by Crippen LogP contribution is 2.23. The van der Waals surface area contributed by atoms with Crippen molar-refractivity contribution < 1.29 is 4.74 Å². The zero-order valence-corrected chi connectivity index (χ0v) is 12.2. The first kappa shape index (κ1) is 13.9. The molecule has 0 saturated heterocycles. The lowest BCUT2D eigenvalue weighted by Gasteiger charge is -2.10. The van der Waals surface area contributed by atoms with E-state index in [1.54, 1.807) is 19.2 Å². The van der Waals surface area contributed by atoms with Crippen LogP contribution in [0.3, 0.4) is 0 Å². The van der Waals surface area contributed by atoms with Crippen LogP contribution in [0.5, 0.6) is 5.75 Å². The number of methoxy groups -OCH3 is 1. The minimum atomic E-state index is 0.602. The highest BCUT2D eigenvalue weighted by Gasteiger charge is 2.10. The first-order valence-corrected chi connectivity index (χ1v) is 6.38. The van der Waals surface area contributed by atoms with Crippen molar-refractivity contribution in [2.24, 2.45) is 7.05 Å². The van der Waals surface area contributed by atoms with Gasteiger partial charge in [0.1, 0.15) is 11.8 Å². The van der Waals surface area contributed by atoms with Gasteiger partial charge in [0.2, 0.25) is 0 Å².